The van der Waals surface area contributed by atoms with Crippen LogP contribution in [0.4, 0.5) is 20.3 Å². The highest BCUT2D eigenvalue weighted by atomic mass is 35.5. The van der Waals surface area contributed by atoms with Crippen LogP contribution in [0.15, 0.2) is 41.3 Å². The molecule has 5 rings (SSSR count). The second-order valence-corrected chi connectivity index (χ2v) is 12.4. The number of nitrogens with two attached hydrogens (primary N) is 2. The van der Waals surface area contributed by atoms with Gasteiger partial charge in [-0.25, -0.2) is 18.1 Å². The fourth-order valence-corrected chi connectivity index (χ4v) is 6.53. The molecular weight excluding hydrogens is 586 g/mol. The molecule has 0 spiro atoms. The molecule has 1 aliphatic carbocycles. The zero-order valence-corrected chi connectivity index (χ0v) is 25.1. The molecule has 230 valence electrons. The van der Waals surface area contributed by atoms with E-state index in [1.54, 1.807) is 18.0 Å². The van der Waals surface area contributed by atoms with Crippen LogP contribution < -0.4 is 21.3 Å². The van der Waals surface area contributed by atoms with Gasteiger partial charge in [0.15, 0.2) is 0 Å². The fourth-order valence-electron chi connectivity index (χ4n) is 5.42. The van der Waals surface area contributed by atoms with Gasteiger partial charge in [0.1, 0.15) is 17.1 Å². The first-order chi connectivity index (χ1) is 20.1. The minimum Gasteiger partial charge on any atom is -0.382 e. The van der Waals surface area contributed by atoms with Gasteiger partial charge >= 0.3 is 0 Å². The van der Waals surface area contributed by atoms with Crippen LogP contribution in [0.2, 0.25) is 5.15 Å². The highest BCUT2D eigenvalue weighted by Crippen LogP contribution is 2.44. The van der Waals surface area contributed by atoms with Gasteiger partial charge in [-0.1, -0.05) is 30.9 Å². The number of pyridine rings is 1. The molecule has 2 amide bonds. The van der Waals surface area contributed by atoms with Crippen LogP contribution in [0.25, 0.3) is 0 Å². The molecule has 1 aromatic carbocycles. The number of halogens is 3. The third-order valence-electron chi connectivity index (χ3n) is 7.85. The lowest BCUT2D eigenvalue weighted by atomic mass is 9.82. The number of carbonyl (C=O) groups is 2. The molecule has 3 fully saturated rings. The Bertz CT molecular complexity index is 1210. The summed E-state index contributed by atoms with van der Waals surface area (Å²) >= 11 is 7.89. The molecule has 2 saturated heterocycles. The summed E-state index contributed by atoms with van der Waals surface area (Å²) in [4.78, 5) is 31.2. The smallest absolute Gasteiger partial charge is 0.276 e. The second-order valence-electron chi connectivity index (χ2n) is 10.8. The first kappa shape index (κ1) is 32.4. The summed E-state index contributed by atoms with van der Waals surface area (Å²) in [6.07, 6.45) is 4.26. The predicted molar refractivity (Wildman–Crippen MR) is 162 cm³/mol. The van der Waals surface area contributed by atoms with Crippen molar-refractivity contribution in [2.24, 2.45) is 17.4 Å². The van der Waals surface area contributed by atoms with Crippen LogP contribution in [-0.2, 0) is 15.5 Å². The number of amides is 2. The van der Waals surface area contributed by atoms with Crippen LogP contribution in [0, 0.1) is 5.92 Å². The van der Waals surface area contributed by atoms with Gasteiger partial charge in [-0.3, -0.25) is 9.59 Å². The zero-order chi connectivity index (χ0) is 30.3. The van der Waals surface area contributed by atoms with E-state index in [-0.39, 0.29) is 23.2 Å². The third kappa shape index (κ3) is 8.31. The Kier molecular flexibility index (Phi) is 11.4. The van der Waals surface area contributed by atoms with E-state index >= 15 is 8.78 Å². The molecule has 0 bridgehead atoms. The standard InChI is InChI=1S/C26H31ClF2N4OS.C3H8N2O2/c27-23-17-20(26(28,29)19-5-2-1-3-6-19)18-24(30-23)31-13-15-32(16-14-31)35-22-10-8-21(9-11-22)33-12-4-7-25(33)34;4-1-2(6)3(5)7/h8-11,17-19H,1-7,12-16H2;2,6H,1,4H2,(H2,5,7). The van der Waals surface area contributed by atoms with Gasteiger partial charge in [-0.2, -0.15) is 0 Å². The third-order valence-corrected chi connectivity index (χ3v) is 9.15. The molecule has 5 N–H and O–H groups in total. The van der Waals surface area contributed by atoms with E-state index in [4.69, 9.17) is 22.4 Å². The molecule has 3 aliphatic rings. The molecule has 2 aromatic rings. The quantitative estimate of drug-likeness (QED) is 0.295. The number of hydrogen-bond acceptors (Lipinski definition) is 8. The van der Waals surface area contributed by atoms with Crippen molar-refractivity contribution in [2.45, 2.75) is 61.9 Å². The molecule has 9 nitrogen and oxygen atoms in total. The number of rotatable bonds is 8. The summed E-state index contributed by atoms with van der Waals surface area (Å²) in [6, 6.07) is 11.0. The second kappa shape index (κ2) is 14.8. The van der Waals surface area contributed by atoms with E-state index in [1.807, 2.05) is 21.9 Å². The maximum absolute atomic E-state index is 15.3. The Hall–Kier alpha value is -2.51. The Morgan fingerprint density at radius 1 is 1.07 bits per heavy atom. The predicted octanol–water partition coefficient (Wildman–Crippen LogP) is 4.15. The number of benzene rings is 1. The topological polar surface area (TPSA) is 129 Å². The number of hydrogen-bond donors (Lipinski definition) is 3. The number of carbonyl (C=O) groups excluding carboxylic acids is 2. The normalized spacial score (nSPS) is 19.4. The van der Waals surface area contributed by atoms with Gasteiger partial charge in [-0.05, 0) is 67.6 Å². The van der Waals surface area contributed by atoms with Crippen molar-refractivity contribution in [3.05, 3.63) is 47.1 Å². The molecule has 13 heteroatoms. The van der Waals surface area contributed by atoms with E-state index in [9.17, 15) is 9.59 Å². The highest BCUT2D eigenvalue weighted by Gasteiger charge is 2.42. The molecular formula is C29H39ClF2N6O3S. The summed E-state index contributed by atoms with van der Waals surface area (Å²) < 4.78 is 32.8. The average Bonchev–Trinajstić information content (AvgIpc) is 3.43. The van der Waals surface area contributed by atoms with Gasteiger partial charge in [0.25, 0.3) is 5.92 Å². The van der Waals surface area contributed by atoms with Gasteiger partial charge in [0.2, 0.25) is 11.8 Å². The molecule has 0 radical (unpaired) electrons. The van der Waals surface area contributed by atoms with Crippen molar-refractivity contribution in [2.75, 3.05) is 49.1 Å². The van der Waals surface area contributed by atoms with E-state index in [1.165, 1.54) is 6.07 Å². The maximum atomic E-state index is 15.3. The van der Waals surface area contributed by atoms with Gasteiger partial charge < -0.3 is 26.4 Å². The molecule has 42 heavy (non-hydrogen) atoms. The van der Waals surface area contributed by atoms with Crippen LogP contribution in [0.1, 0.15) is 50.5 Å². The number of aliphatic hydroxyl groups is 1. The molecule has 1 atom stereocenters. The monoisotopic (exact) mass is 624 g/mol. The maximum Gasteiger partial charge on any atom is 0.276 e. The summed E-state index contributed by atoms with van der Waals surface area (Å²) in [5.41, 5.74) is 10.3. The molecule has 2 aliphatic heterocycles. The number of anilines is 2. The molecule has 3 heterocycles. The Morgan fingerprint density at radius 2 is 1.74 bits per heavy atom. The number of primary amides is 1. The first-order valence-corrected chi connectivity index (χ1v) is 15.5. The van der Waals surface area contributed by atoms with E-state index in [2.05, 4.69) is 27.2 Å². The summed E-state index contributed by atoms with van der Waals surface area (Å²) in [5.74, 6) is -3.55. The van der Waals surface area contributed by atoms with Crippen molar-refractivity contribution in [1.29, 1.82) is 0 Å². The Morgan fingerprint density at radius 3 is 2.29 bits per heavy atom. The SMILES string of the molecule is NCC(O)C(N)=O.O=C1CCCN1c1ccc(SN2CCN(c3cc(C(F)(F)C4CCCCC4)cc(Cl)n3)CC2)cc1. The summed E-state index contributed by atoms with van der Waals surface area (Å²) in [7, 11) is 0. The Labute approximate surface area is 254 Å². The minimum absolute atomic E-state index is 0.00669. The Balaban J connectivity index is 0.000000517. The number of piperazine rings is 1. The van der Waals surface area contributed by atoms with E-state index in [0.717, 1.165) is 55.9 Å². The summed E-state index contributed by atoms with van der Waals surface area (Å²) in [6.45, 7) is 3.62. The zero-order valence-electron chi connectivity index (χ0n) is 23.6. The van der Waals surface area contributed by atoms with Crippen molar-refractivity contribution in [3.63, 3.8) is 0 Å². The summed E-state index contributed by atoms with van der Waals surface area (Å²) in [5, 5.41) is 8.46. The average molecular weight is 625 g/mol. The van der Waals surface area contributed by atoms with Crippen molar-refractivity contribution in [3.8, 4) is 0 Å². The van der Waals surface area contributed by atoms with Crippen molar-refractivity contribution in [1.82, 2.24) is 9.29 Å². The van der Waals surface area contributed by atoms with Crippen LogP contribution >= 0.6 is 23.5 Å². The number of aliphatic hydroxyl groups excluding tert-OH is 1. The van der Waals surface area contributed by atoms with E-state index < -0.39 is 23.9 Å². The van der Waals surface area contributed by atoms with E-state index in [0.29, 0.717) is 38.2 Å². The number of nitrogens with zero attached hydrogens (tertiary/aromatic N) is 4. The van der Waals surface area contributed by atoms with Crippen molar-refractivity contribution < 1.29 is 23.5 Å². The van der Waals surface area contributed by atoms with Gasteiger partial charge in [0.05, 0.1) is 0 Å². The van der Waals surface area contributed by atoms with Gasteiger partial charge in [0, 0.05) is 67.8 Å². The van der Waals surface area contributed by atoms with Crippen LogP contribution in [-0.4, -0.2) is 71.6 Å². The first-order valence-electron chi connectivity index (χ1n) is 14.4. The minimum atomic E-state index is -2.88. The lowest BCUT2D eigenvalue weighted by molar-refractivity contribution is -0.125. The highest BCUT2D eigenvalue weighted by molar-refractivity contribution is 7.97. The van der Waals surface area contributed by atoms with Crippen molar-refractivity contribution >= 4 is 46.9 Å². The molecule has 1 saturated carbocycles. The van der Waals surface area contributed by atoms with Crippen LogP contribution in [0.3, 0.4) is 0 Å². The lowest BCUT2D eigenvalue weighted by Gasteiger charge is -2.35. The number of aromatic nitrogens is 1. The van der Waals surface area contributed by atoms with Crippen LogP contribution in [0.5, 0.6) is 0 Å². The fraction of sp³-hybridized carbons (Fsp3) is 0.552. The molecule has 1 aromatic heterocycles. The number of alkyl halides is 2. The molecule has 1 unspecified atom stereocenters. The van der Waals surface area contributed by atoms with Gasteiger partial charge in [-0.15, -0.1) is 0 Å². The largest absolute Gasteiger partial charge is 0.382 e. The lowest BCUT2D eigenvalue weighted by Crippen LogP contribution is -2.44.